The Kier molecular flexibility index (Phi) is 8.15. The van der Waals surface area contributed by atoms with Gasteiger partial charge in [0, 0.05) is 23.7 Å². The Morgan fingerprint density at radius 1 is 1.00 bits per heavy atom. The van der Waals surface area contributed by atoms with Crippen LogP contribution >= 0.6 is 0 Å². The molecule has 0 aliphatic heterocycles. The molecular formula is C28H28N4O4S. The fourth-order valence-corrected chi connectivity index (χ4v) is 4.79. The fourth-order valence-electron chi connectivity index (χ4n) is 3.97. The van der Waals surface area contributed by atoms with Gasteiger partial charge in [-0.05, 0) is 73.7 Å². The van der Waals surface area contributed by atoms with Crippen LogP contribution < -0.4 is 15.2 Å². The van der Waals surface area contributed by atoms with Crippen LogP contribution in [0.25, 0.3) is 11.3 Å². The van der Waals surface area contributed by atoms with E-state index in [1.165, 1.54) is 0 Å². The summed E-state index contributed by atoms with van der Waals surface area (Å²) in [7, 11) is -1.64. The van der Waals surface area contributed by atoms with Crippen molar-refractivity contribution in [2.24, 2.45) is 0 Å². The lowest BCUT2D eigenvalue weighted by Crippen LogP contribution is -2.09. The third-order valence-electron chi connectivity index (χ3n) is 5.67. The molecule has 8 nitrogen and oxygen atoms in total. The van der Waals surface area contributed by atoms with Crippen molar-refractivity contribution in [2.75, 3.05) is 10.5 Å². The minimum absolute atomic E-state index is 0.107. The summed E-state index contributed by atoms with van der Waals surface area (Å²) in [5.41, 5.74) is 11.0. The summed E-state index contributed by atoms with van der Waals surface area (Å²) in [6, 6.07) is 22.0. The first-order valence-corrected chi connectivity index (χ1v) is 12.9. The molecule has 0 aliphatic carbocycles. The van der Waals surface area contributed by atoms with Gasteiger partial charge in [-0.15, -0.1) is 0 Å². The highest BCUT2D eigenvalue weighted by atomic mass is 32.2. The lowest BCUT2D eigenvalue weighted by Gasteiger charge is -2.14. The van der Waals surface area contributed by atoms with Crippen molar-refractivity contribution in [3.8, 4) is 22.9 Å². The molecule has 1 atom stereocenters. The molecule has 0 saturated heterocycles. The van der Waals surface area contributed by atoms with Crippen LogP contribution in [0.3, 0.4) is 0 Å². The number of carboxylic acid groups (broad SMARTS) is 1. The van der Waals surface area contributed by atoms with Gasteiger partial charge in [0.05, 0.1) is 10.6 Å². The number of nitrogens with one attached hydrogen (secondary N) is 1. The van der Waals surface area contributed by atoms with Gasteiger partial charge in [-0.1, -0.05) is 36.4 Å². The second-order valence-corrected chi connectivity index (χ2v) is 9.83. The van der Waals surface area contributed by atoms with E-state index in [2.05, 4.69) is 14.7 Å². The highest BCUT2D eigenvalue weighted by Crippen LogP contribution is 2.31. The van der Waals surface area contributed by atoms with Gasteiger partial charge in [0.2, 0.25) is 11.8 Å². The number of aromatic nitrogens is 2. The predicted octanol–water partition coefficient (Wildman–Crippen LogP) is 5.68. The molecule has 0 spiro atoms. The van der Waals surface area contributed by atoms with Crippen molar-refractivity contribution in [3.63, 3.8) is 0 Å². The molecule has 190 valence electrons. The Labute approximate surface area is 218 Å². The number of benzene rings is 3. The standard InChI is InChI=1S/C28H28N4O4S/c1-18-7-3-8-19(2)27(18)24-17-25(36-22-12-4-9-20(15-22)10-5-14-26(33)34)31-28(30-24)32-37(35)23-13-6-11-21(29)16-23/h3-4,6-9,11-13,15-17H,5,10,14,29H2,1-2H3,(H,33,34)(H,30,31,32). The van der Waals surface area contributed by atoms with Gasteiger partial charge < -0.3 is 15.6 Å². The van der Waals surface area contributed by atoms with E-state index in [0.717, 1.165) is 22.3 Å². The molecule has 3 aromatic carbocycles. The molecular weight excluding hydrogens is 488 g/mol. The highest BCUT2D eigenvalue weighted by molar-refractivity contribution is 7.86. The van der Waals surface area contributed by atoms with Crippen molar-refractivity contribution in [1.29, 1.82) is 0 Å². The fraction of sp³-hybridized carbons (Fsp3) is 0.179. The zero-order chi connectivity index (χ0) is 26.4. The molecule has 0 radical (unpaired) electrons. The van der Waals surface area contributed by atoms with Gasteiger partial charge in [-0.3, -0.25) is 9.52 Å². The van der Waals surface area contributed by atoms with E-state index in [4.69, 9.17) is 15.6 Å². The maximum Gasteiger partial charge on any atom is 0.303 e. The number of nitrogen functional groups attached to an aromatic ring is 1. The Balaban J connectivity index is 1.67. The average molecular weight is 517 g/mol. The van der Waals surface area contributed by atoms with Gasteiger partial charge in [0.15, 0.2) is 11.0 Å². The number of nitrogens with two attached hydrogens (primary N) is 1. The Hall–Kier alpha value is -4.24. The van der Waals surface area contributed by atoms with E-state index < -0.39 is 17.0 Å². The number of carboxylic acids is 1. The van der Waals surface area contributed by atoms with Crippen LogP contribution in [0.15, 0.2) is 77.7 Å². The van der Waals surface area contributed by atoms with Gasteiger partial charge in [0.1, 0.15) is 5.75 Å². The molecule has 9 heteroatoms. The van der Waals surface area contributed by atoms with Crippen LogP contribution in [0.4, 0.5) is 11.6 Å². The summed E-state index contributed by atoms with van der Waals surface area (Å²) in [6.45, 7) is 4.01. The zero-order valence-corrected chi connectivity index (χ0v) is 21.4. The average Bonchev–Trinajstić information content (AvgIpc) is 2.84. The zero-order valence-electron chi connectivity index (χ0n) is 20.6. The van der Waals surface area contributed by atoms with Gasteiger partial charge in [-0.2, -0.15) is 4.98 Å². The summed E-state index contributed by atoms with van der Waals surface area (Å²) >= 11 is 0. The van der Waals surface area contributed by atoms with Crippen LogP contribution in [0, 0.1) is 13.8 Å². The first-order chi connectivity index (χ1) is 17.8. The summed E-state index contributed by atoms with van der Waals surface area (Å²) in [4.78, 5) is 20.5. The number of hydrogen-bond donors (Lipinski definition) is 3. The highest BCUT2D eigenvalue weighted by Gasteiger charge is 2.15. The van der Waals surface area contributed by atoms with E-state index in [1.807, 2.05) is 50.2 Å². The molecule has 1 unspecified atom stereocenters. The topological polar surface area (TPSA) is 127 Å². The first-order valence-electron chi connectivity index (χ1n) is 11.8. The number of aryl methyl sites for hydroxylation is 3. The van der Waals surface area contributed by atoms with E-state index in [9.17, 15) is 9.00 Å². The lowest BCUT2D eigenvalue weighted by molar-refractivity contribution is -0.137. The van der Waals surface area contributed by atoms with Gasteiger partial charge in [-0.25, -0.2) is 9.19 Å². The number of ether oxygens (including phenoxy) is 1. The van der Waals surface area contributed by atoms with Gasteiger partial charge in [0.25, 0.3) is 0 Å². The van der Waals surface area contributed by atoms with Crippen molar-refractivity contribution >= 4 is 28.6 Å². The van der Waals surface area contributed by atoms with Crippen molar-refractivity contribution in [1.82, 2.24) is 9.97 Å². The Morgan fingerprint density at radius 2 is 1.73 bits per heavy atom. The molecule has 0 fully saturated rings. The monoisotopic (exact) mass is 516 g/mol. The summed E-state index contributed by atoms with van der Waals surface area (Å²) < 4.78 is 22.0. The molecule has 1 heterocycles. The second-order valence-electron chi connectivity index (χ2n) is 8.62. The van der Waals surface area contributed by atoms with Gasteiger partial charge >= 0.3 is 5.97 Å². The minimum Gasteiger partial charge on any atom is -0.481 e. The molecule has 4 rings (SSSR count). The summed E-state index contributed by atoms with van der Waals surface area (Å²) in [6.07, 6.45) is 1.26. The Morgan fingerprint density at radius 3 is 2.46 bits per heavy atom. The first kappa shape index (κ1) is 25.8. The number of aliphatic carboxylic acids is 1. The SMILES string of the molecule is Cc1cccc(C)c1-c1cc(Oc2cccc(CCCC(=O)O)c2)nc(NS(=O)c2cccc(N)c2)n1. The molecule has 37 heavy (non-hydrogen) atoms. The summed E-state index contributed by atoms with van der Waals surface area (Å²) in [5.74, 6) is 0.167. The van der Waals surface area contributed by atoms with E-state index in [0.29, 0.717) is 34.9 Å². The van der Waals surface area contributed by atoms with Crippen molar-refractivity contribution in [3.05, 3.63) is 89.5 Å². The normalized spacial score (nSPS) is 11.6. The number of carbonyl (C=O) groups is 1. The Bertz CT molecular complexity index is 1440. The third kappa shape index (κ3) is 6.92. The number of anilines is 2. The third-order valence-corrected chi connectivity index (χ3v) is 6.72. The van der Waals surface area contributed by atoms with Crippen LogP contribution in [0.1, 0.15) is 29.5 Å². The van der Waals surface area contributed by atoms with E-state index in [-0.39, 0.29) is 18.2 Å². The van der Waals surface area contributed by atoms with Crippen LogP contribution in [-0.2, 0) is 22.2 Å². The second kappa shape index (κ2) is 11.7. The lowest BCUT2D eigenvalue weighted by atomic mass is 10.00. The quantitative estimate of drug-likeness (QED) is 0.232. The number of nitrogens with zero attached hydrogens (tertiary/aromatic N) is 2. The maximum absolute atomic E-state index is 13.0. The van der Waals surface area contributed by atoms with E-state index in [1.54, 1.807) is 36.4 Å². The molecule has 4 N–H and O–H groups in total. The van der Waals surface area contributed by atoms with Crippen molar-refractivity contribution in [2.45, 2.75) is 38.0 Å². The smallest absolute Gasteiger partial charge is 0.303 e. The molecule has 0 amide bonds. The summed E-state index contributed by atoms with van der Waals surface area (Å²) in [5, 5.41) is 8.90. The van der Waals surface area contributed by atoms with Crippen LogP contribution in [-0.4, -0.2) is 25.3 Å². The molecule has 4 aromatic rings. The maximum atomic E-state index is 13.0. The number of hydrogen-bond acceptors (Lipinski definition) is 6. The molecule has 0 aliphatic rings. The minimum atomic E-state index is -1.64. The van der Waals surface area contributed by atoms with Crippen molar-refractivity contribution < 1.29 is 18.8 Å². The predicted molar refractivity (Wildman–Crippen MR) is 145 cm³/mol. The largest absolute Gasteiger partial charge is 0.481 e. The van der Waals surface area contributed by atoms with Crippen LogP contribution in [0.5, 0.6) is 11.6 Å². The number of rotatable bonds is 10. The molecule has 0 bridgehead atoms. The van der Waals surface area contributed by atoms with Crippen LogP contribution in [0.2, 0.25) is 0 Å². The molecule has 0 saturated carbocycles. The molecule has 1 aromatic heterocycles. The van der Waals surface area contributed by atoms with E-state index >= 15 is 0 Å².